The Labute approximate surface area is 123 Å². The van der Waals surface area contributed by atoms with Gasteiger partial charge in [-0.05, 0) is 30.0 Å². The molecule has 0 fully saturated rings. The maximum atomic E-state index is 12.1. The number of rotatable bonds is 1. The van der Waals surface area contributed by atoms with E-state index in [2.05, 4.69) is 40.9 Å². The third-order valence-corrected chi connectivity index (χ3v) is 4.24. The minimum atomic E-state index is -0.0277. The molecule has 0 bridgehead atoms. The number of hydrogen-bond donors (Lipinski definition) is 2. The summed E-state index contributed by atoms with van der Waals surface area (Å²) in [5, 5.41) is 11.8. The molecule has 1 amide bonds. The first-order valence-corrected chi connectivity index (χ1v) is 7.45. The van der Waals surface area contributed by atoms with Gasteiger partial charge in [0.25, 0.3) is 5.91 Å². The summed E-state index contributed by atoms with van der Waals surface area (Å²) in [6.07, 6.45) is 3.33. The zero-order valence-electron chi connectivity index (χ0n) is 12.0. The van der Waals surface area contributed by atoms with E-state index < -0.39 is 0 Å². The fraction of sp³-hybridized carbons (Fsp3) is 0.375. The highest BCUT2D eigenvalue weighted by Gasteiger charge is 2.22. The fourth-order valence-corrected chi connectivity index (χ4v) is 3.04. The van der Waals surface area contributed by atoms with Crippen molar-refractivity contribution in [3.05, 3.63) is 35.5 Å². The van der Waals surface area contributed by atoms with E-state index in [4.69, 9.17) is 0 Å². The lowest BCUT2D eigenvalue weighted by Gasteiger charge is -2.21. The molecule has 0 spiro atoms. The van der Waals surface area contributed by atoms with Crippen molar-refractivity contribution in [2.75, 3.05) is 13.1 Å². The second kappa shape index (κ2) is 4.62. The van der Waals surface area contributed by atoms with Crippen molar-refractivity contribution in [1.82, 2.24) is 20.4 Å². The standard InChI is InChI=1S/C16H18N4O/c1-10-2-4-13(18-9-10)11-3-5-14-12(8-11)15-16(21)17-6-7-20(15)19-14/h3-5,8,10,18H,2,6-7,9H2,1H3,(H,17,21). The fourth-order valence-electron chi connectivity index (χ4n) is 3.04. The van der Waals surface area contributed by atoms with Gasteiger partial charge in [0.1, 0.15) is 5.69 Å². The van der Waals surface area contributed by atoms with Crippen molar-refractivity contribution in [3.63, 3.8) is 0 Å². The smallest absolute Gasteiger partial charge is 0.270 e. The van der Waals surface area contributed by atoms with Crippen LogP contribution in [-0.2, 0) is 6.54 Å². The molecule has 2 N–H and O–H groups in total. The molecule has 1 aromatic carbocycles. The molecule has 4 rings (SSSR count). The summed E-state index contributed by atoms with van der Waals surface area (Å²) < 4.78 is 1.82. The molecule has 2 aromatic rings. The summed E-state index contributed by atoms with van der Waals surface area (Å²) in [5.41, 5.74) is 3.85. The van der Waals surface area contributed by atoms with Gasteiger partial charge < -0.3 is 10.6 Å². The van der Waals surface area contributed by atoms with Crippen LogP contribution in [0, 0.1) is 5.92 Å². The molecule has 1 unspecified atom stereocenters. The number of benzene rings is 1. The zero-order valence-corrected chi connectivity index (χ0v) is 12.0. The lowest BCUT2D eigenvalue weighted by Crippen LogP contribution is -2.35. The van der Waals surface area contributed by atoms with Gasteiger partial charge in [0.2, 0.25) is 0 Å². The maximum absolute atomic E-state index is 12.1. The summed E-state index contributed by atoms with van der Waals surface area (Å²) in [6, 6.07) is 6.16. The predicted molar refractivity (Wildman–Crippen MR) is 81.8 cm³/mol. The molecule has 2 aliphatic rings. The molecular formula is C16H18N4O. The van der Waals surface area contributed by atoms with Crippen molar-refractivity contribution in [2.24, 2.45) is 5.92 Å². The number of hydrogen-bond acceptors (Lipinski definition) is 3. The second-order valence-electron chi connectivity index (χ2n) is 5.90. The molecule has 108 valence electrons. The van der Waals surface area contributed by atoms with Crippen LogP contribution >= 0.6 is 0 Å². The number of allylic oxidation sites excluding steroid dienone is 1. The van der Waals surface area contributed by atoms with E-state index in [0.29, 0.717) is 18.2 Å². The average molecular weight is 282 g/mol. The molecule has 3 heterocycles. The summed E-state index contributed by atoms with van der Waals surface area (Å²) in [6.45, 7) is 4.62. The monoisotopic (exact) mass is 282 g/mol. The van der Waals surface area contributed by atoms with Gasteiger partial charge in [0, 0.05) is 24.2 Å². The van der Waals surface area contributed by atoms with Crippen LogP contribution in [0.4, 0.5) is 0 Å². The van der Waals surface area contributed by atoms with Crippen molar-refractivity contribution in [1.29, 1.82) is 0 Å². The molecule has 0 aliphatic carbocycles. The molecule has 0 saturated carbocycles. The molecule has 1 atom stereocenters. The summed E-state index contributed by atoms with van der Waals surface area (Å²) in [4.78, 5) is 12.1. The maximum Gasteiger partial charge on any atom is 0.270 e. The van der Waals surface area contributed by atoms with Crippen molar-refractivity contribution in [2.45, 2.75) is 19.9 Å². The van der Waals surface area contributed by atoms with Gasteiger partial charge in [0.05, 0.1) is 12.1 Å². The number of amides is 1. The third-order valence-electron chi connectivity index (χ3n) is 4.24. The Hall–Kier alpha value is -2.30. The molecule has 1 aromatic heterocycles. The number of nitrogens with one attached hydrogen (secondary N) is 2. The molecule has 0 saturated heterocycles. The first kappa shape index (κ1) is 12.4. The van der Waals surface area contributed by atoms with Crippen LogP contribution in [0.5, 0.6) is 0 Å². The predicted octanol–water partition coefficient (Wildman–Crippen LogP) is 1.75. The highest BCUT2D eigenvalue weighted by molar-refractivity contribution is 6.06. The SMILES string of the molecule is CC1CC=C(c2ccc3nn4c(c3c2)C(=O)NCC4)NC1. The van der Waals surface area contributed by atoms with Gasteiger partial charge >= 0.3 is 0 Å². The second-order valence-corrected chi connectivity index (χ2v) is 5.90. The highest BCUT2D eigenvalue weighted by atomic mass is 16.2. The quantitative estimate of drug-likeness (QED) is 0.838. The van der Waals surface area contributed by atoms with Gasteiger partial charge in [-0.3, -0.25) is 9.48 Å². The minimum absolute atomic E-state index is 0.0277. The Bertz CT molecular complexity index is 759. The average Bonchev–Trinajstić information content (AvgIpc) is 2.87. The van der Waals surface area contributed by atoms with Crippen LogP contribution in [-0.4, -0.2) is 28.8 Å². The van der Waals surface area contributed by atoms with E-state index >= 15 is 0 Å². The molecule has 21 heavy (non-hydrogen) atoms. The van der Waals surface area contributed by atoms with Crippen molar-refractivity contribution < 1.29 is 4.79 Å². The first-order valence-electron chi connectivity index (χ1n) is 7.45. The first-order chi connectivity index (χ1) is 10.2. The topological polar surface area (TPSA) is 59.0 Å². The number of carbonyl (C=O) groups excluding carboxylic acids is 1. The van der Waals surface area contributed by atoms with E-state index in [1.807, 2.05) is 10.7 Å². The molecule has 5 heteroatoms. The van der Waals surface area contributed by atoms with Crippen molar-refractivity contribution >= 4 is 22.5 Å². The van der Waals surface area contributed by atoms with Crippen LogP contribution in [0.25, 0.3) is 16.6 Å². The summed E-state index contributed by atoms with van der Waals surface area (Å²) >= 11 is 0. The zero-order chi connectivity index (χ0) is 14.4. The minimum Gasteiger partial charge on any atom is -0.385 e. The lowest BCUT2D eigenvalue weighted by molar-refractivity contribution is 0.0926. The van der Waals surface area contributed by atoms with Gasteiger partial charge in [-0.2, -0.15) is 5.10 Å². The Morgan fingerprint density at radius 1 is 1.33 bits per heavy atom. The Kier molecular flexibility index (Phi) is 2.74. The molecule has 5 nitrogen and oxygen atoms in total. The number of nitrogens with zero attached hydrogens (tertiary/aromatic N) is 2. The van der Waals surface area contributed by atoms with Gasteiger partial charge in [0.15, 0.2) is 0 Å². The Balaban J connectivity index is 1.83. The number of fused-ring (bicyclic) bond motifs is 3. The molecule has 2 aliphatic heterocycles. The molecular weight excluding hydrogens is 264 g/mol. The van der Waals surface area contributed by atoms with Crippen LogP contribution in [0.15, 0.2) is 24.3 Å². The van der Waals surface area contributed by atoms with Gasteiger partial charge in [-0.1, -0.05) is 19.1 Å². The van der Waals surface area contributed by atoms with E-state index in [1.54, 1.807) is 0 Å². The van der Waals surface area contributed by atoms with E-state index in [9.17, 15) is 4.79 Å². The van der Waals surface area contributed by atoms with E-state index in [1.165, 1.54) is 0 Å². The van der Waals surface area contributed by atoms with Crippen LogP contribution in [0.1, 0.15) is 29.4 Å². The Morgan fingerprint density at radius 3 is 3.05 bits per heavy atom. The van der Waals surface area contributed by atoms with E-state index in [0.717, 1.165) is 41.7 Å². The normalized spacial score (nSPS) is 21.5. The lowest BCUT2D eigenvalue weighted by atomic mass is 9.99. The summed E-state index contributed by atoms with van der Waals surface area (Å²) in [5.74, 6) is 0.646. The van der Waals surface area contributed by atoms with Gasteiger partial charge in [-0.25, -0.2) is 0 Å². The van der Waals surface area contributed by atoms with Gasteiger partial charge in [-0.15, -0.1) is 0 Å². The van der Waals surface area contributed by atoms with Crippen LogP contribution in [0.2, 0.25) is 0 Å². The highest BCUT2D eigenvalue weighted by Crippen LogP contribution is 2.26. The number of aromatic nitrogens is 2. The third kappa shape index (κ3) is 2.00. The Morgan fingerprint density at radius 2 is 2.24 bits per heavy atom. The summed E-state index contributed by atoms with van der Waals surface area (Å²) in [7, 11) is 0. The molecule has 0 radical (unpaired) electrons. The van der Waals surface area contributed by atoms with Crippen LogP contribution < -0.4 is 10.6 Å². The van der Waals surface area contributed by atoms with E-state index in [-0.39, 0.29) is 5.91 Å². The van der Waals surface area contributed by atoms with Crippen molar-refractivity contribution in [3.8, 4) is 0 Å². The van der Waals surface area contributed by atoms with Crippen LogP contribution in [0.3, 0.4) is 0 Å². The largest absolute Gasteiger partial charge is 0.385 e. The number of carbonyl (C=O) groups is 1.